The number of unbranched alkanes of at least 4 members (excludes halogenated alkanes) is 13. The van der Waals surface area contributed by atoms with E-state index < -0.39 is 0 Å². The van der Waals surface area contributed by atoms with Crippen LogP contribution in [0.3, 0.4) is 0 Å². The van der Waals surface area contributed by atoms with Gasteiger partial charge < -0.3 is 4.90 Å². The van der Waals surface area contributed by atoms with Crippen molar-refractivity contribution in [2.45, 2.75) is 130 Å². The highest BCUT2D eigenvalue weighted by atomic mass is 16.2. The van der Waals surface area contributed by atoms with Crippen LogP contribution in [0.5, 0.6) is 0 Å². The van der Waals surface area contributed by atoms with Gasteiger partial charge in [-0.25, -0.2) is 4.79 Å². The summed E-state index contributed by atoms with van der Waals surface area (Å²) in [5.41, 5.74) is 0. The molecule has 2 amide bonds. The summed E-state index contributed by atoms with van der Waals surface area (Å²) in [7, 11) is 3.93. The van der Waals surface area contributed by atoms with Gasteiger partial charge in [0.1, 0.15) is 6.42 Å². The smallest absolute Gasteiger partial charge is 0.322 e. The van der Waals surface area contributed by atoms with E-state index in [0.717, 1.165) is 38.9 Å². The SMILES string of the molecule is CCCCCCCCN(C)C(=O)CC(=O)[N+](C)(CCCCCC)CCCCCCCC. The molecule has 0 N–H and O–H groups in total. The van der Waals surface area contributed by atoms with Gasteiger partial charge in [0.15, 0.2) is 0 Å². The molecule has 31 heavy (non-hydrogen) atoms. The molecule has 184 valence electrons. The molecule has 0 bridgehead atoms. The number of carbonyl (C=O) groups excluding carboxylic acids is 2. The van der Waals surface area contributed by atoms with E-state index >= 15 is 0 Å². The van der Waals surface area contributed by atoms with Crippen molar-refractivity contribution < 1.29 is 14.1 Å². The van der Waals surface area contributed by atoms with Crippen LogP contribution in [0.2, 0.25) is 0 Å². The summed E-state index contributed by atoms with van der Waals surface area (Å²) < 4.78 is 0.439. The lowest BCUT2D eigenvalue weighted by Crippen LogP contribution is -2.52. The first kappa shape index (κ1) is 30.1. The Hall–Kier alpha value is -0.900. The average Bonchev–Trinajstić information content (AvgIpc) is 2.75. The van der Waals surface area contributed by atoms with Gasteiger partial charge in [-0.1, -0.05) is 91.4 Å². The Kier molecular flexibility index (Phi) is 19.2. The summed E-state index contributed by atoms with van der Waals surface area (Å²) in [4.78, 5) is 27.7. The second-order valence-corrected chi connectivity index (χ2v) is 9.83. The lowest BCUT2D eigenvalue weighted by Gasteiger charge is -2.32. The molecule has 0 heterocycles. The molecule has 4 heteroatoms. The van der Waals surface area contributed by atoms with Crippen LogP contribution in [0.25, 0.3) is 0 Å². The predicted octanol–water partition coefficient (Wildman–Crippen LogP) is 7.11. The minimum atomic E-state index is -0.000544. The van der Waals surface area contributed by atoms with Gasteiger partial charge in [-0.2, -0.15) is 0 Å². The third-order valence-electron chi connectivity index (χ3n) is 6.69. The summed E-state index contributed by atoms with van der Waals surface area (Å²) in [5.74, 6) is 0.115. The van der Waals surface area contributed by atoms with Gasteiger partial charge in [0.2, 0.25) is 5.91 Å². The van der Waals surface area contributed by atoms with Crippen molar-refractivity contribution in [1.82, 2.24) is 4.90 Å². The first-order chi connectivity index (χ1) is 14.9. The third kappa shape index (κ3) is 15.5. The fourth-order valence-electron chi connectivity index (χ4n) is 4.20. The fraction of sp³-hybridized carbons (Fsp3) is 0.926. The van der Waals surface area contributed by atoms with Crippen molar-refractivity contribution in [2.24, 2.45) is 0 Å². The molecule has 0 saturated heterocycles. The van der Waals surface area contributed by atoms with E-state index in [4.69, 9.17) is 0 Å². The fourth-order valence-corrected chi connectivity index (χ4v) is 4.20. The second kappa shape index (κ2) is 19.8. The van der Waals surface area contributed by atoms with E-state index in [9.17, 15) is 9.59 Å². The molecular weight excluding hydrogens is 384 g/mol. The number of rotatable bonds is 21. The Labute approximate surface area is 194 Å². The minimum Gasteiger partial charge on any atom is -0.345 e. The molecule has 4 nitrogen and oxygen atoms in total. The number of nitrogens with zero attached hydrogens (tertiary/aromatic N) is 2. The van der Waals surface area contributed by atoms with Gasteiger partial charge in [-0.3, -0.25) is 9.28 Å². The Bertz CT molecular complexity index is 453. The van der Waals surface area contributed by atoms with Gasteiger partial charge in [-0.15, -0.1) is 0 Å². The molecule has 0 aromatic carbocycles. The maximum absolute atomic E-state index is 13.2. The molecule has 1 unspecified atom stereocenters. The van der Waals surface area contributed by atoms with Crippen LogP contribution in [0.15, 0.2) is 0 Å². The highest BCUT2D eigenvalue weighted by Crippen LogP contribution is 2.16. The Morgan fingerprint density at radius 2 is 1.00 bits per heavy atom. The monoisotopic (exact) mass is 439 g/mol. The molecule has 0 aliphatic carbocycles. The lowest BCUT2D eigenvalue weighted by molar-refractivity contribution is -0.835. The molecular formula is C27H55N2O2+. The van der Waals surface area contributed by atoms with Crippen LogP contribution in [0.1, 0.15) is 130 Å². The zero-order valence-electron chi connectivity index (χ0n) is 21.9. The highest BCUT2D eigenvalue weighted by molar-refractivity contribution is 5.93. The number of amides is 2. The maximum atomic E-state index is 13.2. The van der Waals surface area contributed by atoms with Crippen molar-refractivity contribution >= 4 is 11.8 Å². The topological polar surface area (TPSA) is 37.4 Å². The molecule has 1 atom stereocenters. The van der Waals surface area contributed by atoms with Crippen LogP contribution in [0.4, 0.5) is 0 Å². The normalized spacial score (nSPS) is 13.2. The Morgan fingerprint density at radius 3 is 1.48 bits per heavy atom. The minimum absolute atomic E-state index is 0.000544. The number of quaternary nitrogens is 1. The van der Waals surface area contributed by atoms with E-state index in [1.54, 1.807) is 4.90 Å². The zero-order valence-corrected chi connectivity index (χ0v) is 21.9. The lowest BCUT2D eigenvalue weighted by atomic mass is 10.1. The average molecular weight is 440 g/mol. The molecule has 0 rings (SSSR count). The summed E-state index contributed by atoms with van der Waals surface area (Å²) >= 11 is 0. The van der Waals surface area contributed by atoms with Crippen molar-refractivity contribution in [3.05, 3.63) is 0 Å². The van der Waals surface area contributed by atoms with Crippen LogP contribution >= 0.6 is 0 Å². The second-order valence-electron chi connectivity index (χ2n) is 9.83. The van der Waals surface area contributed by atoms with Crippen molar-refractivity contribution in [3.63, 3.8) is 0 Å². The van der Waals surface area contributed by atoms with Crippen molar-refractivity contribution in [1.29, 1.82) is 0 Å². The standard InChI is InChI=1S/C27H55N2O2/c1-6-9-12-15-17-19-22-28(4)26(30)25-27(31)29(5,23-20-14-11-8-3)24-21-18-16-13-10-7-2/h6-25H2,1-5H3/q+1. The molecule has 0 aromatic heterocycles. The molecule has 0 fully saturated rings. The summed E-state index contributed by atoms with van der Waals surface area (Å²) in [6.45, 7) is 9.22. The summed E-state index contributed by atoms with van der Waals surface area (Å²) in [6, 6.07) is 0. The summed E-state index contributed by atoms with van der Waals surface area (Å²) in [5, 5.41) is 0. The molecule has 0 radical (unpaired) electrons. The van der Waals surface area contributed by atoms with Gasteiger partial charge in [-0.05, 0) is 32.1 Å². The van der Waals surface area contributed by atoms with Crippen LogP contribution < -0.4 is 0 Å². The van der Waals surface area contributed by atoms with Crippen LogP contribution in [-0.4, -0.2) is 54.9 Å². The van der Waals surface area contributed by atoms with Crippen molar-refractivity contribution in [2.75, 3.05) is 33.7 Å². The van der Waals surface area contributed by atoms with Gasteiger partial charge in [0.05, 0.1) is 20.1 Å². The van der Waals surface area contributed by atoms with Crippen LogP contribution in [0, 0.1) is 0 Å². The quantitative estimate of drug-likeness (QED) is 0.109. The van der Waals surface area contributed by atoms with Crippen molar-refractivity contribution in [3.8, 4) is 0 Å². The number of hydrogen-bond acceptors (Lipinski definition) is 2. The summed E-state index contributed by atoms with van der Waals surface area (Å²) in [6.07, 6.45) is 19.5. The van der Waals surface area contributed by atoms with E-state index in [-0.39, 0.29) is 18.2 Å². The van der Waals surface area contributed by atoms with E-state index in [2.05, 4.69) is 27.8 Å². The molecule has 0 saturated carbocycles. The van der Waals surface area contributed by atoms with E-state index in [1.807, 2.05) is 7.05 Å². The van der Waals surface area contributed by atoms with Gasteiger partial charge in [0.25, 0.3) is 0 Å². The molecule has 0 aliphatic rings. The number of hydrogen-bond donors (Lipinski definition) is 0. The molecule has 0 aromatic rings. The highest BCUT2D eigenvalue weighted by Gasteiger charge is 2.33. The van der Waals surface area contributed by atoms with Gasteiger partial charge >= 0.3 is 5.91 Å². The Morgan fingerprint density at radius 1 is 0.613 bits per heavy atom. The molecule has 0 spiro atoms. The first-order valence-corrected chi connectivity index (χ1v) is 13.5. The third-order valence-corrected chi connectivity index (χ3v) is 6.69. The van der Waals surface area contributed by atoms with Gasteiger partial charge in [0, 0.05) is 13.6 Å². The zero-order chi connectivity index (χ0) is 23.4. The largest absolute Gasteiger partial charge is 0.345 e. The van der Waals surface area contributed by atoms with Crippen LogP contribution in [-0.2, 0) is 9.59 Å². The maximum Gasteiger partial charge on any atom is 0.322 e. The Balaban J connectivity index is 4.53. The molecule has 0 aliphatic heterocycles. The number of carbonyl (C=O) groups is 2. The van der Waals surface area contributed by atoms with E-state index in [1.165, 1.54) is 83.5 Å². The predicted molar refractivity (Wildman–Crippen MR) is 134 cm³/mol. The first-order valence-electron chi connectivity index (χ1n) is 13.5. The van der Waals surface area contributed by atoms with E-state index in [0.29, 0.717) is 4.48 Å².